The molecule has 112 valence electrons. The minimum atomic E-state index is -0.846. The van der Waals surface area contributed by atoms with Gasteiger partial charge in [-0.2, -0.15) is 0 Å². The minimum Gasteiger partial charge on any atom is -0.477 e. The highest BCUT2D eigenvalue weighted by molar-refractivity contribution is 7.17. The van der Waals surface area contributed by atoms with Gasteiger partial charge < -0.3 is 10.0 Å². The summed E-state index contributed by atoms with van der Waals surface area (Å²) in [6.07, 6.45) is 3.18. The van der Waals surface area contributed by atoms with E-state index in [9.17, 15) is 9.90 Å². The third-order valence-corrected chi connectivity index (χ3v) is 5.42. The SMILES string of the molecule is CCC(C)c1nc(N2CCC(C)(C)CC2)sc1C(=O)O. The van der Waals surface area contributed by atoms with Gasteiger partial charge in [-0.15, -0.1) is 0 Å². The molecule has 5 heteroatoms. The number of thiazole rings is 1. The Morgan fingerprint density at radius 1 is 1.45 bits per heavy atom. The van der Waals surface area contributed by atoms with Gasteiger partial charge in [0.05, 0.1) is 5.69 Å². The van der Waals surface area contributed by atoms with E-state index in [-0.39, 0.29) is 5.92 Å². The van der Waals surface area contributed by atoms with Crippen LogP contribution in [0.5, 0.6) is 0 Å². The predicted molar refractivity (Wildman–Crippen MR) is 83.0 cm³/mol. The molecule has 2 heterocycles. The maximum atomic E-state index is 11.4. The zero-order valence-electron chi connectivity index (χ0n) is 12.8. The van der Waals surface area contributed by atoms with Gasteiger partial charge >= 0.3 is 5.97 Å². The summed E-state index contributed by atoms with van der Waals surface area (Å²) >= 11 is 1.33. The molecule has 1 aliphatic heterocycles. The van der Waals surface area contributed by atoms with Crippen LogP contribution in [0.25, 0.3) is 0 Å². The molecule has 0 radical (unpaired) electrons. The topological polar surface area (TPSA) is 53.4 Å². The third kappa shape index (κ3) is 3.14. The van der Waals surface area contributed by atoms with E-state index >= 15 is 0 Å². The van der Waals surface area contributed by atoms with Crippen LogP contribution < -0.4 is 4.90 Å². The molecule has 1 aromatic heterocycles. The Morgan fingerprint density at radius 2 is 2.05 bits per heavy atom. The van der Waals surface area contributed by atoms with Gasteiger partial charge in [0.15, 0.2) is 5.13 Å². The molecule has 0 bridgehead atoms. The molecular weight excluding hydrogens is 272 g/mol. The van der Waals surface area contributed by atoms with E-state index < -0.39 is 5.97 Å². The molecule has 1 N–H and O–H groups in total. The monoisotopic (exact) mass is 296 g/mol. The average Bonchev–Trinajstić information content (AvgIpc) is 2.83. The normalized spacial score (nSPS) is 19.9. The van der Waals surface area contributed by atoms with E-state index in [1.165, 1.54) is 11.3 Å². The van der Waals surface area contributed by atoms with Crippen molar-refractivity contribution in [2.24, 2.45) is 5.41 Å². The molecule has 2 rings (SSSR count). The predicted octanol–water partition coefficient (Wildman–Crippen LogP) is 3.98. The fourth-order valence-electron chi connectivity index (χ4n) is 2.44. The second-order valence-corrected chi connectivity index (χ2v) is 7.45. The minimum absolute atomic E-state index is 0.201. The van der Waals surface area contributed by atoms with Gasteiger partial charge in [-0.05, 0) is 30.6 Å². The third-order valence-electron chi connectivity index (χ3n) is 4.30. The number of carboxylic acids is 1. The summed E-state index contributed by atoms with van der Waals surface area (Å²) in [6.45, 7) is 10.6. The first-order valence-corrected chi connectivity index (χ1v) is 8.14. The van der Waals surface area contributed by atoms with Crippen LogP contribution in [-0.2, 0) is 0 Å². The number of carbonyl (C=O) groups is 1. The molecule has 1 fully saturated rings. The molecule has 0 amide bonds. The maximum absolute atomic E-state index is 11.4. The number of aromatic nitrogens is 1. The van der Waals surface area contributed by atoms with Crippen molar-refractivity contribution in [2.45, 2.75) is 52.9 Å². The number of piperidine rings is 1. The van der Waals surface area contributed by atoms with Crippen LogP contribution in [0, 0.1) is 5.41 Å². The molecule has 1 aliphatic rings. The molecule has 1 atom stereocenters. The number of nitrogens with zero attached hydrogens (tertiary/aromatic N) is 2. The van der Waals surface area contributed by atoms with Gasteiger partial charge in [0.1, 0.15) is 4.88 Å². The Kier molecular flexibility index (Phi) is 4.37. The Hall–Kier alpha value is -1.10. The average molecular weight is 296 g/mol. The highest BCUT2D eigenvalue weighted by atomic mass is 32.1. The summed E-state index contributed by atoms with van der Waals surface area (Å²) in [4.78, 5) is 18.7. The zero-order chi connectivity index (χ0) is 14.9. The van der Waals surface area contributed by atoms with Gasteiger partial charge in [0, 0.05) is 13.1 Å². The molecular formula is C15H24N2O2S. The van der Waals surface area contributed by atoms with Gasteiger partial charge in [-0.1, -0.05) is 39.0 Å². The summed E-state index contributed by atoms with van der Waals surface area (Å²) < 4.78 is 0. The van der Waals surface area contributed by atoms with Crippen molar-refractivity contribution in [3.05, 3.63) is 10.6 Å². The first-order valence-electron chi connectivity index (χ1n) is 7.33. The van der Waals surface area contributed by atoms with E-state index in [0.717, 1.165) is 43.2 Å². The zero-order valence-corrected chi connectivity index (χ0v) is 13.6. The highest BCUT2D eigenvalue weighted by Crippen LogP contribution is 2.36. The maximum Gasteiger partial charge on any atom is 0.347 e. The van der Waals surface area contributed by atoms with Crippen molar-refractivity contribution in [3.8, 4) is 0 Å². The quantitative estimate of drug-likeness (QED) is 0.913. The lowest BCUT2D eigenvalue weighted by atomic mass is 9.83. The van der Waals surface area contributed by atoms with Gasteiger partial charge in [0.25, 0.3) is 0 Å². The van der Waals surface area contributed by atoms with Gasteiger partial charge in [0.2, 0.25) is 0 Å². The number of aromatic carboxylic acids is 1. The largest absolute Gasteiger partial charge is 0.477 e. The van der Waals surface area contributed by atoms with Crippen molar-refractivity contribution < 1.29 is 9.90 Å². The lowest BCUT2D eigenvalue weighted by molar-refractivity contribution is 0.0700. The second-order valence-electron chi connectivity index (χ2n) is 6.48. The smallest absolute Gasteiger partial charge is 0.347 e. The van der Waals surface area contributed by atoms with Gasteiger partial charge in [-0.3, -0.25) is 0 Å². The molecule has 0 spiro atoms. The lowest BCUT2D eigenvalue weighted by Gasteiger charge is -2.36. The highest BCUT2D eigenvalue weighted by Gasteiger charge is 2.29. The van der Waals surface area contributed by atoms with E-state index in [2.05, 4.69) is 30.7 Å². The molecule has 1 unspecified atom stereocenters. The van der Waals surface area contributed by atoms with Crippen molar-refractivity contribution in [3.63, 3.8) is 0 Å². The van der Waals surface area contributed by atoms with Crippen molar-refractivity contribution in [1.29, 1.82) is 0 Å². The van der Waals surface area contributed by atoms with E-state index in [1.807, 2.05) is 6.92 Å². The van der Waals surface area contributed by atoms with Crippen LogP contribution in [0.3, 0.4) is 0 Å². The fourth-order valence-corrected chi connectivity index (χ4v) is 3.52. The number of hydrogen-bond acceptors (Lipinski definition) is 4. The number of rotatable bonds is 4. The first kappa shape index (κ1) is 15.3. The molecule has 1 aromatic rings. The Labute approximate surface area is 124 Å². The fraction of sp³-hybridized carbons (Fsp3) is 0.733. The van der Waals surface area contributed by atoms with E-state index in [1.54, 1.807) is 0 Å². The van der Waals surface area contributed by atoms with Crippen LogP contribution >= 0.6 is 11.3 Å². The molecule has 0 saturated carbocycles. The van der Waals surface area contributed by atoms with Crippen molar-refractivity contribution >= 4 is 22.4 Å². The van der Waals surface area contributed by atoms with Crippen LogP contribution in [0.2, 0.25) is 0 Å². The lowest BCUT2D eigenvalue weighted by Crippen LogP contribution is -2.37. The Bertz CT molecular complexity index is 486. The Balaban J connectivity index is 2.23. The molecule has 0 aromatic carbocycles. The van der Waals surface area contributed by atoms with E-state index in [0.29, 0.717) is 10.3 Å². The standard InChI is InChI=1S/C15H24N2O2S/c1-5-10(2)11-12(13(18)19)20-14(16-11)17-8-6-15(3,4)7-9-17/h10H,5-9H2,1-4H3,(H,18,19). The number of hydrogen-bond donors (Lipinski definition) is 1. The molecule has 1 saturated heterocycles. The van der Waals surface area contributed by atoms with Crippen LogP contribution in [-0.4, -0.2) is 29.1 Å². The van der Waals surface area contributed by atoms with E-state index in [4.69, 9.17) is 0 Å². The van der Waals surface area contributed by atoms with Crippen molar-refractivity contribution in [2.75, 3.05) is 18.0 Å². The van der Waals surface area contributed by atoms with Crippen molar-refractivity contribution in [1.82, 2.24) is 4.98 Å². The second kappa shape index (κ2) is 5.72. The number of carboxylic acid groups (broad SMARTS) is 1. The number of anilines is 1. The summed E-state index contributed by atoms with van der Waals surface area (Å²) in [5.74, 6) is -0.645. The van der Waals surface area contributed by atoms with Crippen LogP contribution in [0.4, 0.5) is 5.13 Å². The van der Waals surface area contributed by atoms with Crippen LogP contribution in [0.15, 0.2) is 0 Å². The Morgan fingerprint density at radius 3 is 2.55 bits per heavy atom. The first-order chi connectivity index (χ1) is 9.34. The molecule has 0 aliphatic carbocycles. The summed E-state index contributed by atoms with van der Waals surface area (Å²) in [5.41, 5.74) is 1.15. The molecule has 20 heavy (non-hydrogen) atoms. The van der Waals surface area contributed by atoms with Gasteiger partial charge in [-0.25, -0.2) is 9.78 Å². The summed E-state index contributed by atoms with van der Waals surface area (Å²) in [5, 5.41) is 10.2. The molecule has 4 nitrogen and oxygen atoms in total. The van der Waals surface area contributed by atoms with Crippen LogP contribution in [0.1, 0.15) is 68.2 Å². The summed E-state index contributed by atoms with van der Waals surface area (Å²) in [6, 6.07) is 0. The summed E-state index contributed by atoms with van der Waals surface area (Å²) in [7, 11) is 0.